The van der Waals surface area contributed by atoms with E-state index >= 15 is 0 Å². The third-order valence-electron chi connectivity index (χ3n) is 6.69. The van der Waals surface area contributed by atoms with Crippen LogP contribution in [0.25, 0.3) is 22.5 Å². The summed E-state index contributed by atoms with van der Waals surface area (Å²) in [6.45, 7) is 0. The zero-order valence-corrected chi connectivity index (χ0v) is 17.2. The Labute approximate surface area is 177 Å². The van der Waals surface area contributed by atoms with Crippen molar-refractivity contribution in [3.63, 3.8) is 0 Å². The van der Waals surface area contributed by atoms with Crippen LogP contribution in [0.1, 0.15) is 48.2 Å². The average Bonchev–Trinajstić information content (AvgIpc) is 3.44. The Morgan fingerprint density at radius 3 is 1.33 bits per heavy atom. The highest BCUT2D eigenvalue weighted by atomic mass is 15.3. The van der Waals surface area contributed by atoms with Crippen molar-refractivity contribution >= 4 is 0 Å². The number of benzene rings is 2. The maximum atomic E-state index is 4.65. The quantitative estimate of drug-likeness (QED) is 0.461. The summed E-state index contributed by atoms with van der Waals surface area (Å²) in [4.78, 5) is 0. The Morgan fingerprint density at radius 1 is 0.500 bits per heavy atom. The van der Waals surface area contributed by atoms with Gasteiger partial charge < -0.3 is 0 Å². The van der Waals surface area contributed by atoms with Gasteiger partial charge in [0.25, 0.3) is 0 Å². The number of aromatic nitrogens is 4. The first kappa shape index (κ1) is 17.7. The van der Waals surface area contributed by atoms with E-state index in [2.05, 4.69) is 80.5 Å². The largest absolute Gasteiger partial charge is 0.238 e. The summed E-state index contributed by atoms with van der Waals surface area (Å²) in [5, 5.41) is 9.31. The van der Waals surface area contributed by atoms with Gasteiger partial charge in [0, 0.05) is 11.4 Å². The molecule has 2 aromatic heterocycles. The summed E-state index contributed by atoms with van der Waals surface area (Å²) in [5.74, 6) is 0. The molecular weight excluding hydrogens is 368 g/mol. The molecule has 0 saturated carbocycles. The highest BCUT2D eigenvalue weighted by molar-refractivity contribution is 5.66. The SMILES string of the molecule is c1cc(-n2ncc3c2CCCC3)ccc1-c1ccc(-n2ncc3c2CCCC3)cc1. The van der Waals surface area contributed by atoms with Crippen molar-refractivity contribution in [1.82, 2.24) is 19.6 Å². The number of hydrogen-bond donors (Lipinski definition) is 0. The van der Waals surface area contributed by atoms with Crippen LogP contribution in [0.2, 0.25) is 0 Å². The van der Waals surface area contributed by atoms with E-state index in [-0.39, 0.29) is 0 Å². The van der Waals surface area contributed by atoms with E-state index in [9.17, 15) is 0 Å². The summed E-state index contributed by atoms with van der Waals surface area (Å²) >= 11 is 0. The topological polar surface area (TPSA) is 35.6 Å². The Balaban J connectivity index is 1.26. The minimum atomic E-state index is 1.13. The van der Waals surface area contributed by atoms with Gasteiger partial charge in [0.2, 0.25) is 0 Å². The minimum absolute atomic E-state index is 1.13. The van der Waals surface area contributed by atoms with E-state index in [4.69, 9.17) is 0 Å². The molecule has 6 rings (SSSR count). The maximum absolute atomic E-state index is 4.65. The van der Waals surface area contributed by atoms with Crippen molar-refractivity contribution in [3.05, 3.63) is 83.4 Å². The highest BCUT2D eigenvalue weighted by Crippen LogP contribution is 2.28. The molecule has 4 aromatic rings. The molecule has 0 spiro atoms. The zero-order chi connectivity index (χ0) is 19.9. The van der Waals surface area contributed by atoms with Crippen LogP contribution in [0.4, 0.5) is 0 Å². The molecule has 2 aliphatic carbocycles. The van der Waals surface area contributed by atoms with Gasteiger partial charge in [-0.25, -0.2) is 9.36 Å². The molecule has 0 saturated heterocycles. The van der Waals surface area contributed by atoms with E-state index < -0.39 is 0 Å². The number of nitrogens with zero attached hydrogens (tertiary/aromatic N) is 4. The molecule has 2 aliphatic rings. The number of hydrogen-bond acceptors (Lipinski definition) is 2. The van der Waals surface area contributed by atoms with Crippen LogP contribution in [0, 0.1) is 0 Å². The molecule has 0 aliphatic heterocycles. The van der Waals surface area contributed by atoms with Gasteiger partial charge in [0.1, 0.15) is 0 Å². The van der Waals surface area contributed by atoms with E-state index in [0.29, 0.717) is 0 Å². The van der Waals surface area contributed by atoms with Gasteiger partial charge in [-0.1, -0.05) is 24.3 Å². The standard InChI is InChI=1S/C26H26N4/c1-3-7-25-21(5-1)17-27-29(25)23-13-9-19(10-14-23)20-11-15-24(16-12-20)30-26-8-4-2-6-22(26)18-28-30/h9-18H,1-8H2. The second kappa shape index (κ2) is 7.28. The molecule has 2 heterocycles. The fraction of sp³-hybridized carbons (Fsp3) is 0.308. The summed E-state index contributed by atoms with van der Waals surface area (Å²) in [5.41, 5.74) is 10.4. The second-order valence-corrected chi connectivity index (χ2v) is 8.56. The second-order valence-electron chi connectivity index (χ2n) is 8.56. The Hall–Kier alpha value is -3.14. The van der Waals surface area contributed by atoms with Crippen LogP contribution in [-0.4, -0.2) is 19.6 Å². The number of fused-ring (bicyclic) bond motifs is 2. The number of aryl methyl sites for hydroxylation is 2. The van der Waals surface area contributed by atoms with Gasteiger partial charge in [-0.2, -0.15) is 10.2 Å². The summed E-state index contributed by atoms with van der Waals surface area (Å²) in [6, 6.07) is 17.6. The molecule has 0 atom stereocenters. The Morgan fingerprint density at radius 2 is 0.900 bits per heavy atom. The van der Waals surface area contributed by atoms with E-state index in [0.717, 1.165) is 24.2 Å². The molecule has 150 valence electrons. The predicted octanol–water partition coefficient (Wildman–Crippen LogP) is 5.48. The predicted molar refractivity (Wildman–Crippen MR) is 119 cm³/mol. The van der Waals surface area contributed by atoms with Crippen molar-refractivity contribution in [2.45, 2.75) is 51.4 Å². The van der Waals surface area contributed by atoms with Gasteiger partial charge in [-0.15, -0.1) is 0 Å². The lowest BCUT2D eigenvalue weighted by molar-refractivity contribution is 0.653. The molecule has 0 radical (unpaired) electrons. The highest BCUT2D eigenvalue weighted by Gasteiger charge is 2.17. The van der Waals surface area contributed by atoms with E-state index in [1.165, 1.54) is 72.2 Å². The smallest absolute Gasteiger partial charge is 0.0649 e. The van der Waals surface area contributed by atoms with Gasteiger partial charge in [0.15, 0.2) is 0 Å². The van der Waals surface area contributed by atoms with Crippen LogP contribution in [0.5, 0.6) is 0 Å². The van der Waals surface area contributed by atoms with Gasteiger partial charge >= 0.3 is 0 Å². The monoisotopic (exact) mass is 394 g/mol. The molecular formula is C26H26N4. The van der Waals surface area contributed by atoms with Crippen molar-refractivity contribution in [2.24, 2.45) is 0 Å². The fourth-order valence-corrected chi connectivity index (χ4v) is 5.02. The first-order valence-electron chi connectivity index (χ1n) is 11.2. The molecule has 0 unspecified atom stereocenters. The summed E-state index contributed by atoms with van der Waals surface area (Å²) in [6.07, 6.45) is 13.8. The molecule has 0 amide bonds. The lowest BCUT2D eigenvalue weighted by Crippen LogP contribution is -2.07. The van der Waals surface area contributed by atoms with Gasteiger partial charge in [-0.05, 0) is 97.9 Å². The van der Waals surface area contributed by atoms with E-state index in [1.807, 2.05) is 0 Å². The van der Waals surface area contributed by atoms with Crippen LogP contribution >= 0.6 is 0 Å². The minimum Gasteiger partial charge on any atom is -0.238 e. The first-order valence-corrected chi connectivity index (χ1v) is 11.2. The molecule has 4 heteroatoms. The normalized spacial score (nSPS) is 15.6. The molecule has 0 N–H and O–H groups in total. The Bertz CT molecular complexity index is 1080. The van der Waals surface area contributed by atoms with Crippen molar-refractivity contribution in [2.75, 3.05) is 0 Å². The van der Waals surface area contributed by atoms with Crippen molar-refractivity contribution < 1.29 is 0 Å². The lowest BCUT2D eigenvalue weighted by atomic mass is 9.98. The van der Waals surface area contributed by atoms with Gasteiger partial charge in [-0.3, -0.25) is 0 Å². The fourth-order valence-electron chi connectivity index (χ4n) is 5.02. The Kier molecular flexibility index (Phi) is 4.29. The van der Waals surface area contributed by atoms with Gasteiger partial charge in [0.05, 0.1) is 23.8 Å². The van der Waals surface area contributed by atoms with Crippen LogP contribution in [-0.2, 0) is 25.7 Å². The zero-order valence-electron chi connectivity index (χ0n) is 17.2. The molecule has 0 bridgehead atoms. The summed E-state index contributed by atoms with van der Waals surface area (Å²) in [7, 11) is 0. The average molecular weight is 395 g/mol. The van der Waals surface area contributed by atoms with Crippen molar-refractivity contribution in [3.8, 4) is 22.5 Å². The van der Waals surface area contributed by atoms with Crippen molar-refractivity contribution in [1.29, 1.82) is 0 Å². The van der Waals surface area contributed by atoms with Crippen LogP contribution in [0.15, 0.2) is 60.9 Å². The molecule has 30 heavy (non-hydrogen) atoms. The third kappa shape index (κ3) is 2.98. The van der Waals surface area contributed by atoms with Crippen LogP contribution in [0.3, 0.4) is 0 Å². The molecule has 0 fully saturated rings. The lowest BCUT2D eigenvalue weighted by Gasteiger charge is -2.15. The summed E-state index contributed by atoms with van der Waals surface area (Å²) < 4.78 is 4.25. The third-order valence-corrected chi connectivity index (χ3v) is 6.69. The number of rotatable bonds is 3. The van der Waals surface area contributed by atoms with Crippen LogP contribution < -0.4 is 0 Å². The van der Waals surface area contributed by atoms with E-state index in [1.54, 1.807) is 0 Å². The first-order chi connectivity index (χ1) is 14.9. The molecule has 2 aromatic carbocycles. The molecule has 4 nitrogen and oxygen atoms in total. The maximum Gasteiger partial charge on any atom is 0.0649 e.